The predicted octanol–water partition coefficient (Wildman–Crippen LogP) is 4.69. The summed E-state index contributed by atoms with van der Waals surface area (Å²) >= 11 is 17.7. The van der Waals surface area contributed by atoms with Gasteiger partial charge in [-0.15, -0.1) is 0 Å². The summed E-state index contributed by atoms with van der Waals surface area (Å²) in [5.41, 5.74) is 0.522. The van der Waals surface area contributed by atoms with Crippen molar-refractivity contribution in [3.63, 3.8) is 0 Å². The molecule has 0 aromatic heterocycles. The van der Waals surface area contributed by atoms with Crippen LogP contribution in [0.15, 0.2) is 47.4 Å². The zero-order chi connectivity index (χ0) is 19.6. The van der Waals surface area contributed by atoms with Crippen molar-refractivity contribution in [1.82, 2.24) is 4.31 Å². The van der Waals surface area contributed by atoms with Crippen LogP contribution in [-0.4, -0.2) is 31.7 Å². The monoisotopic (exact) mass is 446 g/mol. The molecule has 1 heterocycles. The van der Waals surface area contributed by atoms with Crippen molar-refractivity contribution in [3.05, 3.63) is 57.5 Å². The van der Waals surface area contributed by atoms with E-state index < -0.39 is 10.0 Å². The Kier molecular flexibility index (Phi) is 6.33. The Balaban J connectivity index is 1.62. The van der Waals surface area contributed by atoms with Crippen molar-refractivity contribution in [2.45, 2.75) is 17.7 Å². The molecule has 0 radical (unpaired) electrons. The minimum absolute atomic E-state index is 0.170. The zero-order valence-electron chi connectivity index (χ0n) is 14.2. The van der Waals surface area contributed by atoms with Gasteiger partial charge in [-0.05, 0) is 55.3 Å². The number of amides is 1. The first-order chi connectivity index (χ1) is 12.8. The van der Waals surface area contributed by atoms with Gasteiger partial charge in [0.15, 0.2) is 0 Å². The Morgan fingerprint density at radius 2 is 1.48 bits per heavy atom. The molecule has 1 aliphatic heterocycles. The molecule has 1 amide bonds. The molecule has 1 fully saturated rings. The number of rotatable bonds is 4. The van der Waals surface area contributed by atoms with E-state index in [-0.39, 0.29) is 29.8 Å². The maximum absolute atomic E-state index is 12.7. The summed E-state index contributed by atoms with van der Waals surface area (Å²) in [6, 6.07) is 10.9. The Morgan fingerprint density at radius 3 is 2.04 bits per heavy atom. The normalized spacial score (nSPS) is 16.3. The second-order valence-corrected chi connectivity index (χ2v) is 9.53. The smallest absolute Gasteiger partial charge is 0.243 e. The average Bonchev–Trinajstić information content (AvgIpc) is 2.61. The van der Waals surface area contributed by atoms with Crippen LogP contribution in [0.1, 0.15) is 12.8 Å². The van der Waals surface area contributed by atoms with Gasteiger partial charge in [-0.3, -0.25) is 4.79 Å². The Labute approximate surface area is 173 Å². The van der Waals surface area contributed by atoms with Gasteiger partial charge in [0.25, 0.3) is 0 Å². The molecule has 5 nitrogen and oxygen atoms in total. The van der Waals surface area contributed by atoms with Crippen molar-refractivity contribution in [1.29, 1.82) is 0 Å². The van der Waals surface area contributed by atoms with E-state index in [4.69, 9.17) is 34.8 Å². The lowest BCUT2D eigenvalue weighted by atomic mass is 9.97. The first kappa shape index (κ1) is 20.4. The second-order valence-electron chi connectivity index (χ2n) is 6.28. The summed E-state index contributed by atoms with van der Waals surface area (Å²) in [7, 11) is -3.59. The molecule has 0 bridgehead atoms. The highest BCUT2D eigenvalue weighted by molar-refractivity contribution is 7.89. The molecule has 144 valence electrons. The molecule has 2 aromatic carbocycles. The summed E-state index contributed by atoms with van der Waals surface area (Å²) < 4.78 is 26.8. The molecule has 1 aliphatic rings. The molecular weight excluding hydrogens is 431 g/mol. The van der Waals surface area contributed by atoms with Crippen LogP contribution in [0.25, 0.3) is 0 Å². The van der Waals surface area contributed by atoms with E-state index in [9.17, 15) is 13.2 Å². The van der Waals surface area contributed by atoms with Gasteiger partial charge in [0.2, 0.25) is 15.9 Å². The topological polar surface area (TPSA) is 66.5 Å². The number of hydrogen-bond donors (Lipinski definition) is 1. The Hall–Kier alpha value is -1.31. The highest BCUT2D eigenvalue weighted by Crippen LogP contribution is 2.27. The minimum Gasteiger partial charge on any atom is -0.326 e. The fourth-order valence-electron chi connectivity index (χ4n) is 2.98. The molecule has 0 aliphatic carbocycles. The summed E-state index contributed by atoms with van der Waals surface area (Å²) in [4.78, 5) is 12.7. The number of sulfonamides is 1. The lowest BCUT2D eigenvalue weighted by Crippen LogP contribution is -2.41. The van der Waals surface area contributed by atoms with Gasteiger partial charge in [0, 0.05) is 39.8 Å². The van der Waals surface area contributed by atoms with Gasteiger partial charge >= 0.3 is 0 Å². The fraction of sp³-hybridized carbons (Fsp3) is 0.278. The van der Waals surface area contributed by atoms with Crippen molar-refractivity contribution < 1.29 is 13.2 Å². The van der Waals surface area contributed by atoms with Crippen LogP contribution >= 0.6 is 34.8 Å². The molecule has 2 aromatic rings. The number of halogens is 3. The first-order valence-corrected chi connectivity index (χ1v) is 10.9. The number of carbonyl (C=O) groups excluding carboxylic acids is 1. The fourth-order valence-corrected chi connectivity index (χ4v) is 5.11. The van der Waals surface area contributed by atoms with E-state index in [2.05, 4.69) is 5.32 Å². The SMILES string of the molecule is O=C(Nc1cc(Cl)cc(Cl)c1)C1CCN(S(=O)(=O)c2ccc(Cl)cc2)CC1. The molecule has 0 saturated carbocycles. The van der Waals surface area contributed by atoms with Crippen LogP contribution in [0.4, 0.5) is 5.69 Å². The predicted molar refractivity (Wildman–Crippen MR) is 108 cm³/mol. The molecule has 27 heavy (non-hydrogen) atoms. The highest BCUT2D eigenvalue weighted by atomic mass is 35.5. The van der Waals surface area contributed by atoms with E-state index in [1.807, 2.05) is 0 Å². The first-order valence-electron chi connectivity index (χ1n) is 8.28. The number of benzene rings is 2. The van der Waals surface area contributed by atoms with Crippen LogP contribution < -0.4 is 5.32 Å². The van der Waals surface area contributed by atoms with E-state index in [0.717, 1.165) is 0 Å². The molecular formula is C18H17Cl3N2O3S. The largest absolute Gasteiger partial charge is 0.326 e. The molecule has 0 unspecified atom stereocenters. The minimum atomic E-state index is -3.59. The lowest BCUT2D eigenvalue weighted by molar-refractivity contribution is -0.120. The van der Waals surface area contributed by atoms with Crippen LogP contribution in [0.3, 0.4) is 0 Å². The number of anilines is 1. The Bertz CT molecular complexity index is 921. The van der Waals surface area contributed by atoms with Crippen molar-refractivity contribution in [2.75, 3.05) is 18.4 Å². The average molecular weight is 448 g/mol. The zero-order valence-corrected chi connectivity index (χ0v) is 17.2. The summed E-state index contributed by atoms with van der Waals surface area (Å²) in [6.45, 7) is 0.554. The third-order valence-electron chi connectivity index (χ3n) is 4.41. The van der Waals surface area contributed by atoms with Crippen molar-refractivity contribution in [3.8, 4) is 0 Å². The van der Waals surface area contributed by atoms with Crippen LogP contribution in [-0.2, 0) is 14.8 Å². The summed E-state index contributed by atoms with van der Waals surface area (Å²) in [6.07, 6.45) is 0.875. The number of nitrogens with one attached hydrogen (secondary N) is 1. The number of piperidine rings is 1. The molecule has 1 N–H and O–H groups in total. The molecule has 1 saturated heterocycles. The molecule has 0 spiro atoms. The van der Waals surface area contributed by atoms with Gasteiger partial charge < -0.3 is 5.32 Å². The number of carbonyl (C=O) groups is 1. The van der Waals surface area contributed by atoms with Gasteiger partial charge in [-0.2, -0.15) is 4.31 Å². The molecule has 9 heteroatoms. The van der Waals surface area contributed by atoms with E-state index in [1.54, 1.807) is 30.3 Å². The molecule has 3 rings (SSSR count). The van der Waals surface area contributed by atoms with E-state index in [1.165, 1.54) is 16.4 Å². The van der Waals surface area contributed by atoms with Crippen LogP contribution in [0, 0.1) is 5.92 Å². The van der Waals surface area contributed by atoms with Gasteiger partial charge in [-0.1, -0.05) is 34.8 Å². The van der Waals surface area contributed by atoms with Gasteiger partial charge in [-0.25, -0.2) is 8.42 Å². The molecule has 0 atom stereocenters. The summed E-state index contributed by atoms with van der Waals surface area (Å²) in [5, 5.41) is 4.14. The summed E-state index contributed by atoms with van der Waals surface area (Å²) in [5.74, 6) is -0.448. The van der Waals surface area contributed by atoms with E-state index in [0.29, 0.717) is 33.6 Å². The van der Waals surface area contributed by atoms with Crippen molar-refractivity contribution >= 4 is 56.4 Å². The van der Waals surface area contributed by atoms with Crippen LogP contribution in [0.5, 0.6) is 0 Å². The van der Waals surface area contributed by atoms with Crippen molar-refractivity contribution in [2.24, 2.45) is 5.92 Å². The third kappa shape index (κ3) is 4.95. The van der Waals surface area contributed by atoms with Gasteiger partial charge in [0.1, 0.15) is 0 Å². The lowest BCUT2D eigenvalue weighted by Gasteiger charge is -2.30. The van der Waals surface area contributed by atoms with Gasteiger partial charge in [0.05, 0.1) is 4.90 Å². The van der Waals surface area contributed by atoms with Crippen LogP contribution in [0.2, 0.25) is 15.1 Å². The highest BCUT2D eigenvalue weighted by Gasteiger charge is 2.32. The quantitative estimate of drug-likeness (QED) is 0.739. The number of nitrogens with zero attached hydrogens (tertiary/aromatic N) is 1. The maximum Gasteiger partial charge on any atom is 0.243 e. The standard InChI is InChI=1S/C18H17Cl3N2O3S/c19-13-1-3-17(4-2-13)27(25,26)23-7-5-12(6-8-23)18(24)22-16-10-14(20)9-15(21)11-16/h1-4,9-12H,5-8H2,(H,22,24). The van der Waals surface area contributed by atoms with E-state index >= 15 is 0 Å². The maximum atomic E-state index is 12.7. The Morgan fingerprint density at radius 1 is 0.926 bits per heavy atom. The third-order valence-corrected chi connectivity index (χ3v) is 7.01. The number of hydrogen-bond acceptors (Lipinski definition) is 3. The second kappa shape index (κ2) is 8.37.